The van der Waals surface area contributed by atoms with E-state index in [-0.39, 0.29) is 0 Å². The van der Waals surface area contributed by atoms with Crippen molar-refractivity contribution < 1.29 is 0 Å². The molecule has 3 aliphatic rings. The van der Waals surface area contributed by atoms with E-state index in [4.69, 9.17) is 0 Å². The highest BCUT2D eigenvalue weighted by atomic mass is 15.3. The molecule has 0 bridgehead atoms. The number of hydrogen-bond donors (Lipinski definition) is 1. The molecule has 3 fully saturated rings. The van der Waals surface area contributed by atoms with Gasteiger partial charge in [0.1, 0.15) is 0 Å². The number of nitrogens with one attached hydrogen (secondary N) is 1. The van der Waals surface area contributed by atoms with E-state index in [1.807, 2.05) is 0 Å². The fourth-order valence-electron chi connectivity index (χ4n) is 3.72. The van der Waals surface area contributed by atoms with E-state index in [1.165, 1.54) is 51.7 Å². The summed E-state index contributed by atoms with van der Waals surface area (Å²) in [5.41, 5.74) is 0. The summed E-state index contributed by atoms with van der Waals surface area (Å²) in [6.45, 7) is 6.16. The normalized spacial score (nSPS) is 40.1. The molecule has 0 radical (unpaired) electrons. The summed E-state index contributed by atoms with van der Waals surface area (Å²) < 4.78 is 0. The van der Waals surface area contributed by atoms with Crippen LogP contribution in [-0.2, 0) is 0 Å². The highest BCUT2D eigenvalue weighted by Crippen LogP contribution is 2.35. The molecule has 3 rings (SSSR count). The van der Waals surface area contributed by atoms with Gasteiger partial charge >= 0.3 is 0 Å². The molecule has 1 N–H and O–H groups in total. The van der Waals surface area contributed by atoms with Gasteiger partial charge in [-0.2, -0.15) is 0 Å². The zero-order valence-corrected chi connectivity index (χ0v) is 11.4. The first-order valence-electron chi connectivity index (χ1n) is 7.44. The summed E-state index contributed by atoms with van der Waals surface area (Å²) in [6, 6.07) is 3.33. The lowest BCUT2D eigenvalue weighted by atomic mass is 10.0. The fourth-order valence-corrected chi connectivity index (χ4v) is 3.72. The summed E-state index contributed by atoms with van der Waals surface area (Å²) in [6.07, 6.45) is 7.02. The number of likely N-dealkylation sites (N-methyl/N-ethyl adjacent to an activating group) is 1. The van der Waals surface area contributed by atoms with E-state index >= 15 is 0 Å². The predicted molar refractivity (Wildman–Crippen MR) is 71.2 cm³/mol. The molecule has 0 aromatic rings. The molecule has 2 aliphatic heterocycles. The Morgan fingerprint density at radius 1 is 1.18 bits per heavy atom. The molecule has 2 saturated heterocycles. The molecule has 0 aromatic carbocycles. The Morgan fingerprint density at radius 3 is 2.65 bits per heavy atom. The van der Waals surface area contributed by atoms with Gasteiger partial charge in [0.25, 0.3) is 0 Å². The minimum atomic E-state index is 0.778. The van der Waals surface area contributed by atoms with Crippen LogP contribution in [0.25, 0.3) is 0 Å². The lowest BCUT2D eigenvalue weighted by molar-refractivity contribution is 0.145. The summed E-state index contributed by atoms with van der Waals surface area (Å²) >= 11 is 0. The number of piperidine rings is 1. The van der Waals surface area contributed by atoms with Crippen molar-refractivity contribution in [3.63, 3.8) is 0 Å². The van der Waals surface area contributed by atoms with Gasteiger partial charge in [0.05, 0.1) is 0 Å². The fraction of sp³-hybridized carbons (Fsp3) is 1.00. The van der Waals surface area contributed by atoms with Crippen LogP contribution in [0.1, 0.15) is 39.0 Å². The standard InChI is InChI=1S/C14H27N3/c1-11-8-14(10-17(11)12-5-6-12)16(2)13-4-3-7-15-9-13/h11-15H,3-10H2,1-2H3. The average Bonchev–Trinajstić information content (AvgIpc) is 3.13. The Hall–Kier alpha value is -0.120. The molecular formula is C14H27N3. The van der Waals surface area contributed by atoms with E-state index in [0.29, 0.717) is 0 Å². The van der Waals surface area contributed by atoms with Gasteiger partial charge in [0, 0.05) is 37.3 Å². The largest absolute Gasteiger partial charge is 0.315 e. The van der Waals surface area contributed by atoms with E-state index in [0.717, 1.165) is 24.2 Å². The van der Waals surface area contributed by atoms with Gasteiger partial charge in [-0.1, -0.05) is 0 Å². The Labute approximate surface area is 106 Å². The number of likely N-dealkylation sites (tertiary alicyclic amines) is 1. The van der Waals surface area contributed by atoms with Gasteiger partial charge in [0.2, 0.25) is 0 Å². The third kappa shape index (κ3) is 2.51. The monoisotopic (exact) mass is 237 g/mol. The molecule has 0 spiro atoms. The minimum Gasteiger partial charge on any atom is -0.315 e. The van der Waals surface area contributed by atoms with Crippen LogP contribution in [0.15, 0.2) is 0 Å². The van der Waals surface area contributed by atoms with Crippen molar-refractivity contribution in [2.75, 3.05) is 26.7 Å². The van der Waals surface area contributed by atoms with Crippen LogP contribution in [-0.4, -0.2) is 60.6 Å². The van der Waals surface area contributed by atoms with Crippen LogP contribution in [0.3, 0.4) is 0 Å². The zero-order valence-electron chi connectivity index (χ0n) is 11.4. The van der Waals surface area contributed by atoms with Crippen LogP contribution in [0.4, 0.5) is 0 Å². The summed E-state index contributed by atoms with van der Waals surface area (Å²) in [5, 5.41) is 3.54. The van der Waals surface area contributed by atoms with Crippen molar-refractivity contribution in [1.29, 1.82) is 0 Å². The van der Waals surface area contributed by atoms with Gasteiger partial charge in [0.15, 0.2) is 0 Å². The molecule has 1 aliphatic carbocycles. The number of nitrogens with zero attached hydrogens (tertiary/aromatic N) is 2. The Morgan fingerprint density at radius 2 is 2.00 bits per heavy atom. The van der Waals surface area contributed by atoms with Crippen molar-refractivity contribution >= 4 is 0 Å². The Balaban J connectivity index is 1.56. The minimum absolute atomic E-state index is 0.778. The van der Waals surface area contributed by atoms with E-state index in [1.54, 1.807) is 0 Å². The molecular weight excluding hydrogens is 210 g/mol. The average molecular weight is 237 g/mol. The van der Waals surface area contributed by atoms with Crippen LogP contribution < -0.4 is 5.32 Å². The maximum atomic E-state index is 3.54. The summed E-state index contributed by atoms with van der Waals surface area (Å²) in [4.78, 5) is 5.43. The lowest BCUT2D eigenvalue weighted by Gasteiger charge is -2.35. The van der Waals surface area contributed by atoms with Crippen molar-refractivity contribution in [2.24, 2.45) is 0 Å². The maximum absolute atomic E-state index is 3.54. The zero-order chi connectivity index (χ0) is 11.8. The summed E-state index contributed by atoms with van der Waals surface area (Å²) in [5.74, 6) is 0. The van der Waals surface area contributed by atoms with Gasteiger partial charge in [-0.05, 0) is 52.6 Å². The van der Waals surface area contributed by atoms with E-state index in [2.05, 4.69) is 29.1 Å². The maximum Gasteiger partial charge on any atom is 0.0238 e. The van der Waals surface area contributed by atoms with Gasteiger partial charge in [-0.25, -0.2) is 0 Å². The van der Waals surface area contributed by atoms with Crippen molar-refractivity contribution in [2.45, 2.75) is 63.2 Å². The SMILES string of the molecule is CC1CC(N(C)C2CCCNC2)CN1C1CC1. The molecule has 3 unspecified atom stereocenters. The second-order valence-electron chi connectivity index (χ2n) is 6.33. The molecule has 17 heavy (non-hydrogen) atoms. The van der Waals surface area contributed by atoms with Gasteiger partial charge in [-0.15, -0.1) is 0 Å². The molecule has 3 atom stereocenters. The van der Waals surface area contributed by atoms with Gasteiger partial charge in [-0.3, -0.25) is 9.80 Å². The first-order chi connectivity index (χ1) is 8.25. The third-order valence-electron chi connectivity index (χ3n) is 5.04. The Bertz CT molecular complexity index is 258. The van der Waals surface area contributed by atoms with E-state index in [9.17, 15) is 0 Å². The quantitative estimate of drug-likeness (QED) is 0.798. The smallest absolute Gasteiger partial charge is 0.0238 e. The van der Waals surface area contributed by atoms with E-state index < -0.39 is 0 Å². The topological polar surface area (TPSA) is 18.5 Å². The van der Waals surface area contributed by atoms with Gasteiger partial charge < -0.3 is 5.32 Å². The molecule has 3 heteroatoms. The first-order valence-corrected chi connectivity index (χ1v) is 7.44. The number of hydrogen-bond acceptors (Lipinski definition) is 3. The first kappa shape index (κ1) is 11.9. The molecule has 98 valence electrons. The molecule has 2 heterocycles. The van der Waals surface area contributed by atoms with Crippen LogP contribution in [0.5, 0.6) is 0 Å². The van der Waals surface area contributed by atoms with Crippen LogP contribution in [0, 0.1) is 0 Å². The molecule has 0 amide bonds. The highest BCUT2D eigenvalue weighted by molar-refractivity contribution is 4.97. The third-order valence-corrected chi connectivity index (χ3v) is 5.04. The molecule has 3 nitrogen and oxygen atoms in total. The van der Waals surface area contributed by atoms with Crippen LogP contribution >= 0.6 is 0 Å². The number of rotatable bonds is 3. The second kappa shape index (κ2) is 4.87. The summed E-state index contributed by atoms with van der Waals surface area (Å²) in [7, 11) is 2.35. The van der Waals surface area contributed by atoms with Crippen molar-refractivity contribution in [3.8, 4) is 0 Å². The molecule has 1 saturated carbocycles. The van der Waals surface area contributed by atoms with Crippen LogP contribution in [0.2, 0.25) is 0 Å². The molecule has 0 aromatic heterocycles. The van der Waals surface area contributed by atoms with Crippen molar-refractivity contribution in [3.05, 3.63) is 0 Å². The second-order valence-corrected chi connectivity index (χ2v) is 6.33. The highest BCUT2D eigenvalue weighted by Gasteiger charge is 2.40. The Kier molecular flexibility index (Phi) is 3.42. The van der Waals surface area contributed by atoms with Crippen molar-refractivity contribution in [1.82, 2.24) is 15.1 Å². The predicted octanol–water partition coefficient (Wildman–Crippen LogP) is 1.30. The lowest BCUT2D eigenvalue weighted by Crippen LogP contribution is -2.49.